The average Bonchev–Trinajstić information content (AvgIpc) is 3.37. The second-order valence-electron chi connectivity index (χ2n) is 6.73. The van der Waals surface area contributed by atoms with Gasteiger partial charge in [0.05, 0.1) is 11.1 Å². The number of carbonyl (C=O) groups is 1. The van der Waals surface area contributed by atoms with Crippen LogP contribution in [0, 0.1) is 6.92 Å². The molecule has 1 aliphatic heterocycles. The van der Waals surface area contributed by atoms with E-state index in [9.17, 15) is 4.79 Å². The van der Waals surface area contributed by atoms with Gasteiger partial charge >= 0.3 is 0 Å². The third-order valence-electron chi connectivity index (χ3n) is 4.90. The zero-order valence-corrected chi connectivity index (χ0v) is 17.0. The molecule has 4 rings (SSSR count). The molecule has 1 aliphatic rings. The number of thiophene rings is 2. The van der Waals surface area contributed by atoms with Gasteiger partial charge in [0.1, 0.15) is 4.88 Å². The number of carbonyl (C=O) groups excluding carboxylic acids is 1. The molecule has 26 heavy (non-hydrogen) atoms. The van der Waals surface area contributed by atoms with Crippen LogP contribution in [0.1, 0.15) is 39.0 Å². The number of nitrogens with one attached hydrogen (secondary N) is 1. The molecule has 3 heterocycles. The minimum Gasteiger partial charge on any atom is -0.349 e. The number of hydrogen-bond acceptors (Lipinski definition) is 4. The van der Waals surface area contributed by atoms with Crippen LogP contribution in [0.4, 0.5) is 0 Å². The van der Waals surface area contributed by atoms with E-state index in [1.807, 2.05) is 12.1 Å². The van der Waals surface area contributed by atoms with Gasteiger partial charge in [-0.1, -0.05) is 29.8 Å². The van der Waals surface area contributed by atoms with E-state index in [1.54, 1.807) is 11.3 Å². The molecule has 1 fully saturated rings. The van der Waals surface area contributed by atoms with Crippen molar-refractivity contribution in [3.05, 3.63) is 56.1 Å². The highest BCUT2D eigenvalue weighted by Crippen LogP contribution is 2.36. The van der Waals surface area contributed by atoms with Crippen molar-refractivity contribution in [2.45, 2.75) is 25.8 Å². The number of rotatable bonds is 5. The van der Waals surface area contributed by atoms with Crippen LogP contribution in [-0.4, -0.2) is 30.4 Å². The molecule has 1 N–H and O–H groups in total. The van der Waals surface area contributed by atoms with Crippen molar-refractivity contribution in [1.29, 1.82) is 0 Å². The lowest BCUT2D eigenvalue weighted by molar-refractivity contribution is 0.0942. The molecule has 136 valence electrons. The Morgan fingerprint density at radius 3 is 2.85 bits per heavy atom. The molecule has 0 unspecified atom stereocenters. The second kappa shape index (κ2) is 7.69. The molecule has 1 saturated heterocycles. The van der Waals surface area contributed by atoms with Crippen molar-refractivity contribution in [2.75, 3.05) is 19.6 Å². The normalized spacial score (nSPS) is 16.2. The van der Waals surface area contributed by atoms with Gasteiger partial charge in [0.15, 0.2) is 0 Å². The Morgan fingerprint density at radius 2 is 2.12 bits per heavy atom. The minimum absolute atomic E-state index is 0.0744. The second-order valence-corrected chi connectivity index (χ2v) is 9.14. The highest BCUT2D eigenvalue weighted by Gasteiger charge is 2.25. The minimum atomic E-state index is -0.0744. The molecule has 0 aliphatic carbocycles. The summed E-state index contributed by atoms with van der Waals surface area (Å²) in [6.45, 7) is 4.86. The molecule has 3 aromatic rings. The molecule has 1 atom stereocenters. The maximum Gasteiger partial charge on any atom is 0.262 e. The predicted molar refractivity (Wildman–Crippen MR) is 112 cm³/mol. The first-order chi connectivity index (χ1) is 12.6. The largest absolute Gasteiger partial charge is 0.349 e. The topological polar surface area (TPSA) is 32.3 Å². The van der Waals surface area contributed by atoms with E-state index in [0.717, 1.165) is 23.2 Å². The van der Waals surface area contributed by atoms with Crippen LogP contribution in [-0.2, 0) is 0 Å². The van der Waals surface area contributed by atoms with E-state index in [2.05, 4.69) is 40.7 Å². The van der Waals surface area contributed by atoms with Gasteiger partial charge in [-0.3, -0.25) is 9.69 Å². The lowest BCUT2D eigenvalue weighted by atomic mass is 10.2. The van der Waals surface area contributed by atoms with E-state index in [0.29, 0.717) is 16.4 Å². The van der Waals surface area contributed by atoms with Gasteiger partial charge in [-0.15, -0.1) is 22.7 Å². The number of halogens is 1. The highest BCUT2D eigenvalue weighted by molar-refractivity contribution is 7.21. The summed E-state index contributed by atoms with van der Waals surface area (Å²) in [4.78, 5) is 17.2. The first kappa shape index (κ1) is 18.0. The molecule has 0 radical (unpaired) electrons. The fourth-order valence-corrected chi connectivity index (χ4v) is 5.92. The maximum atomic E-state index is 12.8. The zero-order valence-electron chi connectivity index (χ0n) is 14.6. The van der Waals surface area contributed by atoms with Crippen LogP contribution in [0.25, 0.3) is 10.1 Å². The highest BCUT2D eigenvalue weighted by atomic mass is 35.5. The average molecular weight is 405 g/mol. The SMILES string of the molecule is Cc1ccc2c(Cl)c(C(=O)NC[C@@H](c3cccs3)N3CCCC3)sc2c1. The van der Waals surface area contributed by atoms with Crippen LogP contribution in [0.15, 0.2) is 35.7 Å². The molecule has 6 heteroatoms. The number of nitrogens with zero attached hydrogens (tertiary/aromatic N) is 1. The monoisotopic (exact) mass is 404 g/mol. The molecule has 1 amide bonds. The standard InChI is InChI=1S/C20H21ClN2OS2/c1-13-6-7-14-17(11-13)26-19(18(14)21)20(24)22-12-15(16-5-4-10-25-16)23-8-2-3-9-23/h4-7,10-11,15H,2-3,8-9,12H2,1H3,(H,22,24)/t15-/m0/s1. The lowest BCUT2D eigenvalue weighted by Crippen LogP contribution is -2.36. The summed E-state index contributed by atoms with van der Waals surface area (Å²) in [5.74, 6) is -0.0744. The summed E-state index contributed by atoms with van der Waals surface area (Å²) < 4.78 is 1.06. The first-order valence-corrected chi connectivity index (χ1v) is 10.9. The molecule has 0 bridgehead atoms. The summed E-state index contributed by atoms with van der Waals surface area (Å²) >= 11 is 9.72. The number of likely N-dealkylation sites (tertiary alicyclic amines) is 1. The molecular weight excluding hydrogens is 384 g/mol. The third kappa shape index (κ3) is 3.54. The molecule has 0 spiro atoms. The van der Waals surface area contributed by atoms with E-state index in [1.165, 1.54) is 34.6 Å². The van der Waals surface area contributed by atoms with Crippen LogP contribution in [0.2, 0.25) is 5.02 Å². The van der Waals surface area contributed by atoms with Gasteiger partial charge in [0.25, 0.3) is 5.91 Å². The zero-order chi connectivity index (χ0) is 18.1. The Kier molecular flexibility index (Phi) is 5.32. The van der Waals surface area contributed by atoms with Crippen molar-refractivity contribution in [3.63, 3.8) is 0 Å². The molecule has 2 aromatic heterocycles. The summed E-state index contributed by atoms with van der Waals surface area (Å²) in [7, 11) is 0. The number of amides is 1. The van der Waals surface area contributed by atoms with Gasteiger partial charge in [-0.25, -0.2) is 0 Å². The van der Waals surface area contributed by atoms with Crippen molar-refractivity contribution in [1.82, 2.24) is 10.2 Å². The Morgan fingerprint density at radius 1 is 1.31 bits per heavy atom. The number of aryl methyl sites for hydroxylation is 1. The number of fused-ring (bicyclic) bond motifs is 1. The summed E-state index contributed by atoms with van der Waals surface area (Å²) in [6, 6.07) is 10.6. The smallest absolute Gasteiger partial charge is 0.262 e. The Bertz CT molecular complexity index is 913. The summed E-state index contributed by atoms with van der Waals surface area (Å²) in [5, 5.41) is 6.76. The van der Waals surface area contributed by atoms with Crippen molar-refractivity contribution in [2.24, 2.45) is 0 Å². The van der Waals surface area contributed by atoms with Gasteiger partial charge in [-0.2, -0.15) is 0 Å². The van der Waals surface area contributed by atoms with Gasteiger partial charge in [0, 0.05) is 21.5 Å². The van der Waals surface area contributed by atoms with E-state index >= 15 is 0 Å². The fourth-order valence-electron chi connectivity index (χ4n) is 3.53. The van der Waals surface area contributed by atoms with E-state index < -0.39 is 0 Å². The Hall–Kier alpha value is -1.40. The maximum absolute atomic E-state index is 12.8. The quantitative estimate of drug-likeness (QED) is 0.609. The van der Waals surface area contributed by atoms with Gasteiger partial charge < -0.3 is 5.32 Å². The molecule has 1 aromatic carbocycles. The number of benzene rings is 1. The first-order valence-electron chi connectivity index (χ1n) is 8.88. The van der Waals surface area contributed by atoms with E-state index in [-0.39, 0.29) is 11.9 Å². The number of hydrogen-bond donors (Lipinski definition) is 1. The Balaban J connectivity index is 1.53. The van der Waals surface area contributed by atoms with Gasteiger partial charge in [-0.05, 0) is 55.9 Å². The van der Waals surface area contributed by atoms with E-state index in [4.69, 9.17) is 11.6 Å². The molecular formula is C20H21ClN2OS2. The van der Waals surface area contributed by atoms with Crippen LogP contribution < -0.4 is 5.32 Å². The predicted octanol–water partition coefficient (Wildman–Crippen LogP) is 5.49. The van der Waals surface area contributed by atoms with Crippen molar-refractivity contribution >= 4 is 50.3 Å². The van der Waals surface area contributed by atoms with Crippen LogP contribution in [0.3, 0.4) is 0 Å². The van der Waals surface area contributed by atoms with Gasteiger partial charge in [0.2, 0.25) is 0 Å². The van der Waals surface area contributed by atoms with Crippen LogP contribution >= 0.6 is 34.3 Å². The molecule has 3 nitrogen and oxygen atoms in total. The van der Waals surface area contributed by atoms with Crippen molar-refractivity contribution in [3.8, 4) is 0 Å². The lowest BCUT2D eigenvalue weighted by Gasteiger charge is -2.26. The fraction of sp³-hybridized carbons (Fsp3) is 0.350. The molecule has 0 saturated carbocycles. The third-order valence-corrected chi connectivity index (χ3v) is 7.53. The van der Waals surface area contributed by atoms with Crippen LogP contribution in [0.5, 0.6) is 0 Å². The summed E-state index contributed by atoms with van der Waals surface area (Å²) in [6.07, 6.45) is 2.47. The Labute approximate surface area is 166 Å². The van der Waals surface area contributed by atoms with Crippen molar-refractivity contribution < 1.29 is 4.79 Å². The summed E-state index contributed by atoms with van der Waals surface area (Å²) in [5.41, 5.74) is 1.18.